The molecule has 1 aliphatic rings. The first kappa shape index (κ1) is 14.1. The number of fused-ring (bicyclic) bond motifs is 1. The van der Waals surface area contributed by atoms with Gasteiger partial charge in [-0.15, -0.1) is 11.6 Å². The van der Waals surface area contributed by atoms with Crippen LogP contribution in [0.2, 0.25) is 0 Å². The quantitative estimate of drug-likeness (QED) is 0.685. The smallest absolute Gasteiger partial charge is 0.228 e. The monoisotopic (exact) mass is 413 g/mol. The number of benzene rings is 2. The van der Waals surface area contributed by atoms with Crippen molar-refractivity contribution in [1.29, 1.82) is 0 Å². The lowest BCUT2D eigenvalue weighted by Gasteiger charge is -2.13. The number of nitrogens with one attached hydrogen (secondary N) is 1. The standard InChI is InChI=1S/C15H10Br2ClNO/c16-11-4-10(5-12(17)7-11)15(18)8-1-2-13-9(3-8)6-14(20)19-13/h1-5,7,15H,6H2,(H,19,20). The van der Waals surface area contributed by atoms with Crippen LogP contribution >= 0.6 is 43.5 Å². The van der Waals surface area contributed by atoms with Crippen molar-refractivity contribution in [2.45, 2.75) is 11.8 Å². The zero-order chi connectivity index (χ0) is 14.3. The number of carbonyl (C=O) groups is 1. The molecule has 0 spiro atoms. The molecule has 1 aliphatic heterocycles. The Balaban J connectivity index is 1.97. The molecule has 0 aliphatic carbocycles. The highest BCUT2D eigenvalue weighted by molar-refractivity contribution is 9.11. The fourth-order valence-corrected chi connectivity index (χ4v) is 3.91. The molecule has 0 fully saturated rings. The van der Waals surface area contributed by atoms with E-state index in [4.69, 9.17) is 11.6 Å². The first-order valence-corrected chi connectivity index (χ1v) is 8.08. The van der Waals surface area contributed by atoms with Crippen molar-refractivity contribution in [1.82, 2.24) is 0 Å². The fourth-order valence-electron chi connectivity index (χ4n) is 2.32. The van der Waals surface area contributed by atoms with Gasteiger partial charge in [0.1, 0.15) is 0 Å². The first-order valence-electron chi connectivity index (χ1n) is 6.05. The second-order valence-corrected chi connectivity index (χ2v) is 6.97. The second kappa shape index (κ2) is 5.51. The van der Waals surface area contributed by atoms with Gasteiger partial charge in [0.2, 0.25) is 5.91 Å². The molecule has 1 N–H and O–H groups in total. The Morgan fingerprint density at radius 2 is 1.75 bits per heavy atom. The van der Waals surface area contributed by atoms with Crippen LogP contribution in [0.3, 0.4) is 0 Å². The van der Waals surface area contributed by atoms with E-state index in [1.165, 1.54) is 0 Å². The van der Waals surface area contributed by atoms with Crippen LogP contribution in [-0.4, -0.2) is 5.91 Å². The number of halogens is 3. The molecule has 5 heteroatoms. The minimum Gasteiger partial charge on any atom is -0.326 e. The van der Waals surface area contributed by atoms with E-state index in [1.54, 1.807) is 0 Å². The van der Waals surface area contributed by atoms with E-state index >= 15 is 0 Å². The summed E-state index contributed by atoms with van der Waals surface area (Å²) in [7, 11) is 0. The van der Waals surface area contributed by atoms with E-state index in [1.807, 2.05) is 36.4 Å². The zero-order valence-electron chi connectivity index (χ0n) is 10.3. The van der Waals surface area contributed by atoms with Crippen LogP contribution in [0.1, 0.15) is 22.1 Å². The predicted octanol–water partition coefficient (Wildman–Crippen LogP) is 5.03. The van der Waals surface area contributed by atoms with Crippen LogP contribution in [0.25, 0.3) is 0 Å². The van der Waals surface area contributed by atoms with Gasteiger partial charge >= 0.3 is 0 Å². The molecule has 2 aromatic rings. The number of rotatable bonds is 2. The molecule has 2 nitrogen and oxygen atoms in total. The maximum atomic E-state index is 11.4. The Morgan fingerprint density at radius 3 is 2.45 bits per heavy atom. The predicted molar refractivity (Wildman–Crippen MR) is 88.3 cm³/mol. The minimum atomic E-state index is -0.246. The number of anilines is 1. The maximum absolute atomic E-state index is 11.4. The number of hydrogen-bond donors (Lipinski definition) is 1. The summed E-state index contributed by atoms with van der Waals surface area (Å²) in [6, 6.07) is 11.8. The van der Waals surface area contributed by atoms with Gasteiger partial charge in [0.25, 0.3) is 0 Å². The highest BCUT2D eigenvalue weighted by Crippen LogP contribution is 2.35. The highest BCUT2D eigenvalue weighted by atomic mass is 79.9. The van der Waals surface area contributed by atoms with Crippen LogP contribution in [0, 0.1) is 0 Å². The highest BCUT2D eigenvalue weighted by Gasteiger charge is 2.20. The average molecular weight is 416 g/mol. The average Bonchev–Trinajstić information content (AvgIpc) is 2.75. The van der Waals surface area contributed by atoms with Gasteiger partial charge in [-0.1, -0.05) is 44.0 Å². The molecule has 1 unspecified atom stereocenters. The summed E-state index contributed by atoms with van der Waals surface area (Å²) in [5.41, 5.74) is 3.89. The lowest BCUT2D eigenvalue weighted by molar-refractivity contribution is -0.115. The van der Waals surface area contributed by atoms with Gasteiger partial charge < -0.3 is 5.32 Å². The van der Waals surface area contributed by atoms with Crippen LogP contribution in [-0.2, 0) is 11.2 Å². The SMILES string of the molecule is O=C1Cc2cc(C(Cl)c3cc(Br)cc(Br)c3)ccc2N1. The lowest BCUT2D eigenvalue weighted by Crippen LogP contribution is -2.03. The topological polar surface area (TPSA) is 29.1 Å². The Bertz CT molecular complexity index is 682. The second-order valence-electron chi connectivity index (χ2n) is 4.71. The number of carbonyl (C=O) groups excluding carboxylic acids is 1. The summed E-state index contributed by atoms with van der Waals surface area (Å²) in [4.78, 5) is 11.4. The van der Waals surface area contributed by atoms with Gasteiger partial charge in [0.05, 0.1) is 11.8 Å². The Kier molecular flexibility index (Phi) is 3.89. The lowest BCUT2D eigenvalue weighted by atomic mass is 10.0. The summed E-state index contributed by atoms with van der Waals surface area (Å²) in [5, 5.41) is 2.58. The van der Waals surface area contributed by atoms with Crippen molar-refractivity contribution in [3.8, 4) is 0 Å². The normalized spacial score (nSPS) is 14.8. The Hall–Kier alpha value is -0.840. The van der Waals surface area contributed by atoms with E-state index in [0.717, 1.165) is 31.3 Å². The molecule has 0 saturated heterocycles. The molecule has 0 radical (unpaired) electrons. The first-order chi connectivity index (χ1) is 9.52. The van der Waals surface area contributed by atoms with Gasteiger partial charge in [-0.25, -0.2) is 0 Å². The molecule has 0 bridgehead atoms. The van der Waals surface area contributed by atoms with Gasteiger partial charge in [-0.05, 0) is 41.0 Å². The summed E-state index contributed by atoms with van der Waals surface area (Å²) in [6.45, 7) is 0. The molecule has 102 valence electrons. The molecule has 2 aromatic carbocycles. The van der Waals surface area contributed by atoms with E-state index < -0.39 is 0 Å². The van der Waals surface area contributed by atoms with Crippen LogP contribution < -0.4 is 5.32 Å². The Morgan fingerprint density at radius 1 is 1.05 bits per heavy atom. The van der Waals surface area contributed by atoms with E-state index in [2.05, 4.69) is 37.2 Å². The molecular weight excluding hydrogens is 405 g/mol. The van der Waals surface area contributed by atoms with Gasteiger partial charge in [0, 0.05) is 14.6 Å². The van der Waals surface area contributed by atoms with Gasteiger partial charge in [-0.3, -0.25) is 4.79 Å². The number of amides is 1. The van der Waals surface area contributed by atoms with Gasteiger partial charge in [-0.2, -0.15) is 0 Å². The minimum absolute atomic E-state index is 0.0356. The summed E-state index contributed by atoms with van der Waals surface area (Å²) in [6.07, 6.45) is 0.426. The molecule has 20 heavy (non-hydrogen) atoms. The van der Waals surface area contributed by atoms with Crippen molar-refractivity contribution in [2.24, 2.45) is 0 Å². The molecule has 1 atom stereocenters. The van der Waals surface area contributed by atoms with Gasteiger partial charge in [0.15, 0.2) is 0 Å². The summed E-state index contributed by atoms with van der Waals surface area (Å²) >= 11 is 13.5. The maximum Gasteiger partial charge on any atom is 0.228 e. The third-order valence-electron chi connectivity index (χ3n) is 3.22. The summed E-state index contributed by atoms with van der Waals surface area (Å²) < 4.78 is 1.95. The Labute approximate surface area is 138 Å². The van der Waals surface area contributed by atoms with Crippen molar-refractivity contribution in [3.05, 3.63) is 62.0 Å². The molecule has 0 aromatic heterocycles. The third kappa shape index (κ3) is 2.78. The van der Waals surface area contributed by atoms with Crippen molar-refractivity contribution >= 4 is 55.1 Å². The molecule has 1 amide bonds. The molecule has 3 rings (SSSR count). The number of alkyl halides is 1. The van der Waals surface area contributed by atoms with Crippen LogP contribution in [0.5, 0.6) is 0 Å². The molecule has 0 saturated carbocycles. The molecule has 1 heterocycles. The van der Waals surface area contributed by atoms with E-state index in [0.29, 0.717) is 6.42 Å². The largest absolute Gasteiger partial charge is 0.326 e. The van der Waals surface area contributed by atoms with Crippen molar-refractivity contribution in [3.63, 3.8) is 0 Å². The van der Waals surface area contributed by atoms with Crippen LogP contribution in [0.15, 0.2) is 45.3 Å². The van der Waals surface area contributed by atoms with Crippen molar-refractivity contribution in [2.75, 3.05) is 5.32 Å². The van der Waals surface area contributed by atoms with Crippen LogP contribution in [0.4, 0.5) is 5.69 Å². The zero-order valence-corrected chi connectivity index (χ0v) is 14.2. The third-order valence-corrected chi connectivity index (χ3v) is 4.64. The van der Waals surface area contributed by atoms with E-state index in [-0.39, 0.29) is 11.3 Å². The fraction of sp³-hybridized carbons (Fsp3) is 0.133. The van der Waals surface area contributed by atoms with Crippen molar-refractivity contribution < 1.29 is 4.79 Å². The number of hydrogen-bond acceptors (Lipinski definition) is 1. The summed E-state index contributed by atoms with van der Waals surface area (Å²) in [5.74, 6) is 0.0356. The van der Waals surface area contributed by atoms with E-state index in [9.17, 15) is 4.79 Å². The molecular formula is C15H10Br2ClNO.